The van der Waals surface area contributed by atoms with Gasteiger partial charge in [0.05, 0.1) is 11.7 Å². The van der Waals surface area contributed by atoms with Crippen LogP contribution in [0.4, 0.5) is 5.82 Å². The fourth-order valence-corrected chi connectivity index (χ4v) is 3.64. The summed E-state index contributed by atoms with van der Waals surface area (Å²) in [6.07, 6.45) is 4.03. The van der Waals surface area contributed by atoms with E-state index in [1.165, 1.54) is 11.1 Å². The topological polar surface area (TPSA) is 84.5 Å². The predicted molar refractivity (Wildman–Crippen MR) is 96.8 cm³/mol. The molecule has 2 aliphatic heterocycles. The van der Waals surface area contributed by atoms with E-state index < -0.39 is 0 Å². The number of fused-ring (bicyclic) bond motifs is 1. The average molecular weight is 340 g/mol. The zero-order chi connectivity index (χ0) is 17.4. The van der Waals surface area contributed by atoms with Crippen molar-refractivity contribution in [2.24, 2.45) is 5.73 Å². The highest BCUT2D eigenvalue weighted by atomic mass is 16.5. The van der Waals surface area contributed by atoms with Crippen LogP contribution in [0, 0.1) is 6.92 Å². The summed E-state index contributed by atoms with van der Waals surface area (Å²) in [7, 11) is 0. The van der Waals surface area contributed by atoms with Gasteiger partial charge in [-0.2, -0.15) is 0 Å². The number of hydrogen-bond acceptors (Lipinski definition) is 6. The second kappa shape index (κ2) is 6.61. The average Bonchev–Trinajstić information content (AvgIpc) is 3.04. The van der Waals surface area contributed by atoms with E-state index in [1.54, 1.807) is 6.20 Å². The maximum absolute atomic E-state index is 9.70. The fraction of sp³-hybridized carbons (Fsp3) is 0.474. The SMILES string of the molecule is Cc1cc2c(c(-c3nccc(N4CCC(O)CC4)n3)c1)OC(CN)C2. The maximum Gasteiger partial charge on any atom is 0.165 e. The van der Waals surface area contributed by atoms with E-state index in [-0.39, 0.29) is 12.2 Å². The van der Waals surface area contributed by atoms with Gasteiger partial charge in [0.25, 0.3) is 0 Å². The van der Waals surface area contributed by atoms with Gasteiger partial charge in [-0.05, 0) is 43.0 Å². The molecule has 2 aliphatic rings. The molecule has 1 atom stereocenters. The van der Waals surface area contributed by atoms with Crippen molar-refractivity contribution >= 4 is 5.82 Å². The molecule has 1 unspecified atom stereocenters. The zero-order valence-electron chi connectivity index (χ0n) is 14.5. The third-order valence-corrected chi connectivity index (χ3v) is 4.98. The molecule has 0 radical (unpaired) electrons. The van der Waals surface area contributed by atoms with E-state index in [0.717, 1.165) is 49.5 Å². The van der Waals surface area contributed by atoms with E-state index in [0.29, 0.717) is 12.4 Å². The van der Waals surface area contributed by atoms with E-state index in [1.807, 2.05) is 6.07 Å². The fourth-order valence-electron chi connectivity index (χ4n) is 3.64. The molecule has 1 aromatic carbocycles. The monoisotopic (exact) mass is 340 g/mol. The summed E-state index contributed by atoms with van der Waals surface area (Å²) in [4.78, 5) is 11.5. The number of aliphatic hydroxyl groups excluding tert-OH is 1. The quantitative estimate of drug-likeness (QED) is 0.884. The van der Waals surface area contributed by atoms with Crippen molar-refractivity contribution in [3.8, 4) is 17.1 Å². The predicted octanol–water partition coefficient (Wildman–Crippen LogP) is 1.68. The first kappa shape index (κ1) is 16.3. The van der Waals surface area contributed by atoms with Crippen LogP contribution in [0.3, 0.4) is 0 Å². The molecule has 1 saturated heterocycles. The number of aromatic nitrogens is 2. The molecule has 1 fully saturated rings. The van der Waals surface area contributed by atoms with Gasteiger partial charge in [0.15, 0.2) is 5.82 Å². The Morgan fingerprint density at radius 1 is 1.32 bits per heavy atom. The molecule has 4 rings (SSSR count). The Morgan fingerprint density at radius 2 is 2.12 bits per heavy atom. The minimum absolute atomic E-state index is 0.0299. The third-order valence-electron chi connectivity index (χ3n) is 4.98. The van der Waals surface area contributed by atoms with Crippen LogP contribution in [0.25, 0.3) is 11.4 Å². The van der Waals surface area contributed by atoms with Crippen molar-refractivity contribution in [1.29, 1.82) is 0 Å². The van der Waals surface area contributed by atoms with Gasteiger partial charge in [0.2, 0.25) is 0 Å². The Bertz CT molecular complexity index is 772. The summed E-state index contributed by atoms with van der Waals surface area (Å²) in [6.45, 7) is 4.21. The van der Waals surface area contributed by atoms with Crippen molar-refractivity contribution in [2.75, 3.05) is 24.5 Å². The highest BCUT2D eigenvalue weighted by Gasteiger charge is 2.27. The second-order valence-corrected chi connectivity index (χ2v) is 6.94. The molecule has 25 heavy (non-hydrogen) atoms. The van der Waals surface area contributed by atoms with Gasteiger partial charge < -0.3 is 20.5 Å². The minimum atomic E-state index is -0.195. The van der Waals surface area contributed by atoms with Gasteiger partial charge in [-0.3, -0.25) is 0 Å². The Hall–Kier alpha value is -2.18. The van der Waals surface area contributed by atoms with E-state index in [2.05, 4.69) is 28.9 Å². The number of aliphatic hydroxyl groups is 1. The molecule has 0 saturated carbocycles. The Balaban J connectivity index is 1.68. The van der Waals surface area contributed by atoms with Crippen molar-refractivity contribution in [3.05, 3.63) is 35.5 Å². The molecule has 6 heteroatoms. The molecule has 3 heterocycles. The molecule has 2 aromatic rings. The summed E-state index contributed by atoms with van der Waals surface area (Å²) in [5.74, 6) is 2.45. The molecule has 1 aromatic heterocycles. The Morgan fingerprint density at radius 3 is 2.88 bits per heavy atom. The van der Waals surface area contributed by atoms with Gasteiger partial charge in [-0.1, -0.05) is 6.07 Å². The normalized spacial score (nSPS) is 20.4. The lowest BCUT2D eigenvalue weighted by Crippen LogP contribution is -2.36. The highest BCUT2D eigenvalue weighted by Crippen LogP contribution is 2.38. The molecular formula is C19H24N4O2. The molecule has 6 nitrogen and oxygen atoms in total. The van der Waals surface area contributed by atoms with Crippen molar-refractivity contribution in [1.82, 2.24) is 9.97 Å². The first-order chi connectivity index (χ1) is 12.1. The number of anilines is 1. The number of benzene rings is 1. The maximum atomic E-state index is 9.70. The molecular weight excluding hydrogens is 316 g/mol. The van der Waals surface area contributed by atoms with Gasteiger partial charge in [-0.25, -0.2) is 9.97 Å². The largest absolute Gasteiger partial charge is 0.488 e. The van der Waals surface area contributed by atoms with Crippen LogP contribution < -0.4 is 15.4 Å². The van der Waals surface area contributed by atoms with Crippen molar-refractivity contribution in [2.45, 2.75) is 38.4 Å². The van der Waals surface area contributed by atoms with Crippen LogP contribution in [-0.4, -0.2) is 46.9 Å². The molecule has 3 N–H and O–H groups in total. The van der Waals surface area contributed by atoms with Crippen molar-refractivity contribution < 1.29 is 9.84 Å². The standard InChI is InChI=1S/C19H24N4O2/c1-12-8-13-10-15(11-20)25-18(13)16(9-12)19-21-5-2-17(22-19)23-6-3-14(24)4-7-23/h2,5,8-9,14-15,24H,3-4,6-7,10-11,20H2,1H3. The minimum Gasteiger partial charge on any atom is -0.488 e. The van der Waals surface area contributed by atoms with Crippen LogP contribution in [0.2, 0.25) is 0 Å². The van der Waals surface area contributed by atoms with Gasteiger partial charge in [0, 0.05) is 32.3 Å². The molecule has 0 amide bonds. The lowest BCUT2D eigenvalue weighted by molar-refractivity contribution is 0.145. The Kier molecular flexibility index (Phi) is 4.31. The number of hydrogen-bond donors (Lipinski definition) is 2. The van der Waals surface area contributed by atoms with Gasteiger partial charge in [0.1, 0.15) is 17.7 Å². The number of ether oxygens (including phenoxy) is 1. The van der Waals surface area contributed by atoms with E-state index >= 15 is 0 Å². The highest BCUT2D eigenvalue weighted by molar-refractivity contribution is 5.70. The van der Waals surface area contributed by atoms with E-state index in [4.69, 9.17) is 15.5 Å². The van der Waals surface area contributed by atoms with Crippen LogP contribution in [-0.2, 0) is 6.42 Å². The van der Waals surface area contributed by atoms with Crippen LogP contribution in [0.15, 0.2) is 24.4 Å². The number of nitrogens with zero attached hydrogens (tertiary/aromatic N) is 3. The summed E-state index contributed by atoms with van der Waals surface area (Å²) in [6, 6.07) is 6.17. The van der Waals surface area contributed by atoms with Gasteiger partial charge >= 0.3 is 0 Å². The lowest BCUT2D eigenvalue weighted by atomic mass is 10.0. The number of rotatable bonds is 3. The smallest absolute Gasteiger partial charge is 0.165 e. The first-order valence-corrected chi connectivity index (χ1v) is 8.90. The van der Waals surface area contributed by atoms with Crippen LogP contribution in [0.1, 0.15) is 24.0 Å². The summed E-state index contributed by atoms with van der Waals surface area (Å²) >= 11 is 0. The van der Waals surface area contributed by atoms with E-state index in [9.17, 15) is 5.11 Å². The summed E-state index contributed by atoms with van der Waals surface area (Å²) in [5, 5.41) is 9.70. The summed E-state index contributed by atoms with van der Waals surface area (Å²) < 4.78 is 6.04. The second-order valence-electron chi connectivity index (χ2n) is 6.94. The number of aryl methyl sites for hydroxylation is 1. The third kappa shape index (κ3) is 3.19. The zero-order valence-corrected chi connectivity index (χ0v) is 14.5. The summed E-state index contributed by atoms with van der Waals surface area (Å²) in [5.41, 5.74) is 9.08. The van der Waals surface area contributed by atoms with Crippen LogP contribution in [0.5, 0.6) is 5.75 Å². The van der Waals surface area contributed by atoms with Crippen molar-refractivity contribution in [3.63, 3.8) is 0 Å². The number of nitrogens with two attached hydrogens (primary N) is 1. The molecule has 0 bridgehead atoms. The Labute approximate surface area is 147 Å². The van der Waals surface area contributed by atoms with Gasteiger partial charge in [-0.15, -0.1) is 0 Å². The molecule has 0 aliphatic carbocycles. The van der Waals surface area contributed by atoms with Crippen LogP contribution >= 0.6 is 0 Å². The first-order valence-electron chi connectivity index (χ1n) is 8.90. The number of piperidine rings is 1. The lowest BCUT2D eigenvalue weighted by Gasteiger charge is -2.30. The molecule has 0 spiro atoms. The molecule has 132 valence electrons.